The van der Waals surface area contributed by atoms with Crippen molar-refractivity contribution < 1.29 is 8.42 Å². The first-order valence-electron chi connectivity index (χ1n) is 6.49. The summed E-state index contributed by atoms with van der Waals surface area (Å²) in [6.07, 6.45) is 1.73. The van der Waals surface area contributed by atoms with E-state index in [9.17, 15) is 8.42 Å². The molecular weight excluding hydrogens is 246 g/mol. The van der Waals surface area contributed by atoms with Gasteiger partial charge in [-0.1, -0.05) is 29.8 Å². The highest BCUT2D eigenvalue weighted by Crippen LogP contribution is 2.18. The zero-order valence-corrected chi connectivity index (χ0v) is 11.8. The summed E-state index contributed by atoms with van der Waals surface area (Å²) in [6, 6.07) is 8.68. The molecule has 2 atom stereocenters. The molecule has 0 aliphatic carbocycles. The topological polar surface area (TPSA) is 46.2 Å². The Hall–Kier alpha value is -0.870. The average molecular weight is 267 g/mol. The molecule has 0 aromatic heterocycles. The number of hydrogen-bond acceptors (Lipinski definition) is 3. The molecule has 0 saturated carbocycles. The fourth-order valence-corrected chi connectivity index (χ4v) is 4.11. The number of nitrogens with one attached hydrogen (secondary N) is 1. The van der Waals surface area contributed by atoms with Crippen molar-refractivity contribution in [1.82, 2.24) is 5.32 Å². The first-order chi connectivity index (χ1) is 8.46. The Kier molecular flexibility index (Phi) is 4.07. The maximum Gasteiger partial charge on any atom is 0.151 e. The number of benzene rings is 1. The van der Waals surface area contributed by atoms with E-state index in [4.69, 9.17) is 0 Å². The van der Waals surface area contributed by atoms with Gasteiger partial charge in [-0.3, -0.25) is 0 Å². The van der Waals surface area contributed by atoms with Gasteiger partial charge in [0.1, 0.15) is 0 Å². The summed E-state index contributed by atoms with van der Waals surface area (Å²) in [5, 5.41) is 3.43. The second kappa shape index (κ2) is 5.41. The summed E-state index contributed by atoms with van der Waals surface area (Å²) in [5.74, 6) is 0.632. The monoisotopic (exact) mass is 267 g/mol. The predicted molar refractivity (Wildman–Crippen MR) is 74.4 cm³/mol. The molecule has 0 spiro atoms. The van der Waals surface area contributed by atoms with Crippen LogP contribution in [-0.2, 0) is 9.84 Å². The lowest BCUT2D eigenvalue weighted by atomic mass is 10.0. The van der Waals surface area contributed by atoms with Gasteiger partial charge in [0, 0.05) is 12.1 Å². The molecule has 4 heteroatoms. The molecule has 1 aliphatic rings. The third-order valence-corrected chi connectivity index (χ3v) is 5.35. The zero-order valence-electron chi connectivity index (χ0n) is 11.0. The lowest BCUT2D eigenvalue weighted by Crippen LogP contribution is -2.41. The molecule has 1 aromatic carbocycles. The SMILES string of the molecule is Cc1ccc([C@@H](C)NC2CCCS(=O)(=O)C2)cc1. The van der Waals surface area contributed by atoms with Gasteiger partial charge in [-0.2, -0.15) is 0 Å². The third-order valence-electron chi connectivity index (χ3n) is 3.53. The molecule has 1 fully saturated rings. The maximum atomic E-state index is 11.6. The quantitative estimate of drug-likeness (QED) is 0.913. The van der Waals surface area contributed by atoms with E-state index in [1.54, 1.807) is 0 Å². The van der Waals surface area contributed by atoms with Crippen molar-refractivity contribution in [3.8, 4) is 0 Å². The van der Waals surface area contributed by atoms with E-state index in [1.807, 2.05) is 0 Å². The van der Waals surface area contributed by atoms with Crippen molar-refractivity contribution in [2.75, 3.05) is 11.5 Å². The molecule has 0 radical (unpaired) electrons. The van der Waals surface area contributed by atoms with Crippen LogP contribution >= 0.6 is 0 Å². The summed E-state index contributed by atoms with van der Waals surface area (Å²) in [7, 11) is -2.83. The molecule has 0 amide bonds. The Balaban J connectivity index is 1.99. The Bertz CT molecular complexity index is 493. The lowest BCUT2D eigenvalue weighted by Gasteiger charge is -2.26. The van der Waals surface area contributed by atoms with Crippen molar-refractivity contribution in [1.29, 1.82) is 0 Å². The van der Waals surface area contributed by atoms with Gasteiger partial charge in [0.2, 0.25) is 0 Å². The predicted octanol–water partition coefficient (Wildman–Crippen LogP) is 2.22. The lowest BCUT2D eigenvalue weighted by molar-refractivity contribution is 0.437. The van der Waals surface area contributed by atoms with Crippen molar-refractivity contribution in [3.05, 3.63) is 35.4 Å². The number of sulfone groups is 1. The van der Waals surface area contributed by atoms with Crippen LogP contribution in [0, 0.1) is 6.92 Å². The van der Waals surface area contributed by atoms with Gasteiger partial charge >= 0.3 is 0 Å². The molecule has 1 heterocycles. The molecule has 2 rings (SSSR count). The molecule has 1 aromatic rings. The van der Waals surface area contributed by atoms with Crippen molar-refractivity contribution >= 4 is 9.84 Å². The van der Waals surface area contributed by atoms with Gasteiger partial charge < -0.3 is 5.32 Å². The molecule has 100 valence electrons. The minimum atomic E-state index is -2.83. The van der Waals surface area contributed by atoms with Crippen LogP contribution in [-0.4, -0.2) is 26.0 Å². The first-order valence-corrected chi connectivity index (χ1v) is 8.31. The fourth-order valence-electron chi connectivity index (χ4n) is 2.46. The highest BCUT2D eigenvalue weighted by atomic mass is 32.2. The van der Waals surface area contributed by atoms with E-state index in [0.29, 0.717) is 5.75 Å². The Morgan fingerprint density at radius 2 is 1.94 bits per heavy atom. The van der Waals surface area contributed by atoms with E-state index in [2.05, 4.69) is 43.4 Å². The second-order valence-electron chi connectivity index (χ2n) is 5.25. The summed E-state index contributed by atoms with van der Waals surface area (Å²) in [6.45, 7) is 4.15. The van der Waals surface area contributed by atoms with E-state index in [1.165, 1.54) is 11.1 Å². The van der Waals surface area contributed by atoms with Gasteiger partial charge in [0.25, 0.3) is 0 Å². The number of rotatable bonds is 3. The maximum absolute atomic E-state index is 11.6. The van der Waals surface area contributed by atoms with E-state index in [0.717, 1.165) is 12.8 Å². The minimum absolute atomic E-state index is 0.0973. The van der Waals surface area contributed by atoms with Crippen molar-refractivity contribution in [3.63, 3.8) is 0 Å². The fraction of sp³-hybridized carbons (Fsp3) is 0.571. The van der Waals surface area contributed by atoms with Gasteiger partial charge in [-0.15, -0.1) is 0 Å². The summed E-state index contributed by atoms with van der Waals surface area (Å²) in [5.41, 5.74) is 2.45. The van der Waals surface area contributed by atoms with E-state index < -0.39 is 9.84 Å². The molecule has 1 unspecified atom stereocenters. The van der Waals surface area contributed by atoms with Crippen LogP contribution in [0.2, 0.25) is 0 Å². The summed E-state index contributed by atoms with van der Waals surface area (Å²) < 4.78 is 23.2. The molecule has 1 aliphatic heterocycles. The van der Waals surface area contributed by atoms with Crippen molar-refractivity contribution in [2.45, 2.75) is 38.8 Å². The summed E-state index contributed by atoms with van der Waals surface area (Å²) in [4.78, 5) is 0. The molecule has 1 N–H and O–H groups in total. The van der Waals surface area contributed by atoms with Crippen LogP contribution in [0.4, 0.5) is 0 Å². The Labute approximate surface area is 110 Å². The van der Waals surface area contributed by atoms with Crippen molar-refractivity contribution in [2.24, 2.45) is 0 Å². The summed E-state index contributed by atoms with van der Waals surface area (Å²) >= 11 is 0. The number of aryl methyl sites for hydroxylation is 1. The van der Waals surface area contributed by atoms with Gasteiger partial charge in [-0.25, -0.2) is 8.42 Å². The molecule has 1 saturated heterocycles. The smallest absolute Gasteiger partial charge is 0.151 e. The van der Waals surface area contributed by atoms with Gasteiger partial charge in [0.15, 0.2) is 9.84 Å². The van der Waals surface area contributed by atoms with Gasteiger partial charge in [-0.05, 0) is 32.3 Å². The van der Waals surface area contributed by atoms with E-state index in [-0.39, 0.29) is 17.8 Å². The van der Waals surface area contributed by atoms with Crippen LogP contribution in [0.5, 0.6) is 0 Å². The molecule has 0 bridgehead atoms. The van der Waals surface area contributed by atoms with Gasteiger partial charge in [0.05, 0.1) is 11.5 Å². The zero-order chi connectivity index (χ0) is 13.2. The molecular formula is C14H21NO2S. The second-order valence-corrected chi connectivity index (χ2v) is 7.48. The van der Waals surface area contributed by atoms with Crippen LogP contribution in [0.1, 0.15) is 36.9 Å². The average Bonchev–Trinajstić information content (AvgIpc) is 2.28. The highest BCUT2D eigenvalue weighted by Gasteiger charge is 2.25. The largest absolute Gasteiger partial charge is 0.306 e. The first kappa shape index (κ1) is 13.6. The van der Waals surface area contributed by atoms with Crippen LogP contribution in [0.3, 0.4) is 0 Å². The third kappa shape index (κ3) is 3.56. The Morgan fingerprint density at radius 1 is 1.28 bits per heavy atom. The number of hydrogen-bond donors (Lipinski definition) is 1. The Morgan fingerprint density at radius 3 is 2.56 bits per heavy atom. The van der Waals surface area contributed by atoms with Crippen LogP contribution in [0.25, 0.3) is 0 Å². The van der Waals surface area contributed by atoms with Crippen LogP contribution in [0.15, 0.2) is 24.3 Å². The molecule has 18 heavy (non-hydrogen) atoms. The van der Waals surface area contributed by atoms with Crippen LogP contribution < -0.4 is 5.32 Å². The minimum Gasteiger partial charge on any atom is -0.306 e. The van der Waals surface area contributed by atoms with E-state index >= 15 is 0 Å². The normalized spacial score (nSPS) is 24.7. The highest BCUT2D eigenvalue weighted by molar-refractivity contribution is 7.91. The standard InChI is InChI=1S/C14H21NO2S/c1-11-5-7-13(8-6-11)12(2)15-14-4-3-9-18(16,17)10-14/h5-8,12,14-15H,3-4,9-10H2,1-2H3/t12-,14?/m1/s1. The molecule has 3 nitrogen and oxygen atoms in total.